The minimum absolute atomic E-state index is 0.284. The predicted molar refractivity (Wildman–Crippen MR) is 125 cm³/mol. The molecule has 7 nitrogen and oxygen atoms in total. The number of nitrogens with one attached hydrogen (secondary N) is 1. The summed E-state index contributed by atoms with van der Waals surface area (Å²) in [7, 11) is 3.67. The number of pyridine rings is 1. The minimum atomic E-state index is -0.566. The highest BCUT2D eigenvalue weighted by atomic mass is 32.1. The highest BCUT2D eigenvalue weighted by Gasteiger charge is 2.25. The van der Waals surface area contributed by atoms with Crippen LogP contribution in [-0.4, -0.2) is 30.2 Å². The van der Waals surface area contributed by atoms with Gasteiger partial charge in [0.05, 0.1) is 27.2 Å². The number of benzene rings is 1. The van der Waals surface area contributed by atoms with Crippen LogP contribution in [0.5, 0.6) is 0 Å². The molecule has 0 fully saturated rings. The molecule has 0 spiro atoms. The van der Waals surface area contributed by atoms with E-state index in [9.17, 15) is 9.18 Å². The summed E-state index contributed by atoms with van der Waals surface area (Å²) in [5, 5.41) is 10.3. The molecule has 5 aromatic rings. The van der Waals surface area contributed by atoms with Crippen LogP contribution in [0.2, 0.25) is 0 Å². The number of nitrogens with zero attached hydrogens (tertiary/aromatic N) is 5. The summed E-state index contributed by atoms with van der Waals surface area (Å²) in [6.07, 6.45) is 3.48. The van der Waals surface area contributed by atoms with Gasteiger partial charge in [-0.2, -0.15) is 5.10 Å². The largest absolute Gasteiger partial charge is 0.338 e. The molecular weight excluding hydrogens is 439 g/mol. The van der Waals surface area contributed by atoms with E-state index in [1.54, 1.807) is 40.4 Å². The van der Waals surface area contributed by atoms with Gasteiger partial charge in [0.1, 0.15) is 17.7 Å². The van der Waals surface area contributed by atoms with Gasteiger partial charge in [0.25, 0.3) is 5.91 Å². The van der Waals surface area contributed by atoms with Gasteiger partial charge in [0.2, 0.25) is 0 Å². The summed E-state index contributed by atoms with van der Waals surface area (Å²) in [5.74, 6) is 0.0151. The lowest BCUT2D eigenvalue weighted by Crippen LogP contribution is -2.31. The lowest BCUT2D eigenvalue weighted by molar-refractivity contribution is 0.0942. The Bertz CT molecular complexity index is 1450. The standard InChI is InChI=1S/C24H21FN6OS/c1-14-20-17(13-18(19-5-4-12-33-19)27-22(20)31(3)29-14)24(32)28-21(23-26-10-11-30(23)2)15-6-8-16(25)9-7-15/h4-13,21H,1-3H3,(H,28,32). The van der Waals surface area contributed by atoms with Crippen LogP contribution < -0.4 is 5.32 Å². The number of fused-ring (bicyclic) bond motifs is 1. The number of hydrogen-bond donors (Lipinski definition) is 1. The number of amides is 1. The van der Waals surface area contributed by atoms with E-state index in [-0.39, 0.29) is 11.7 Å². The van der Waals surface area contributed by atoms with Crippen LogP contribution in [0.15, 0.2) is 60.2 Å². The van der Waals surface area contributed by atoms with Gasteiger partial charge in [-0.15, -0.1) is 11.3 Å². The van der Waals surface area contributed by atoms with Crippen LogP contribution in [0.3, 0.4) is 0 Å². The maximum Gasteiger partial charge on any atom is 0.253 e. The fourth-order valence-corrected chi connectivity index (χ4v) is 4.68. The highest BCUT2D eigenvalue weighted by molar-refractivity contribution is 7.13. The third-order valence-corrected chi connectivity index (χ3v) is 6.47. The molecule has 1 atom stereocenters. The Morgan fingerprint density at radius 2 is 1.97 bits per heavy atom. The topological polar surface area (TPSA) is 77.6 Å². The summed E-state index contributed by atoms with van der Waals surface area (Å²) in [5.41, 5.74) is 3.28. The maximum atomic E-state index is 13.7. The van der Waals surface area contributed by atoms with Crippen LogP contribution in [-0.2, 0) is 14.1 Å². The molecule has 0 aliphatic rings. The average Bonchev–Trinajstić information content (AvgIpc) is 3.54. The van der Waals surface area contributed by atoms with Crippen molar-refractivity contribution in [3.8, 4) is 10.6 Å². The van der Waals surface area contributed by atoms with Gasteiger partial charge >= 0.3 is 0 Å². The lowest BCUT2D eigenvalue weighted by atomic mass is 10.0. The Morgan fingerprint density at radius 1 is 1.18 bits per heavy atom. The van der Waals surface area contributed by atoms with Crippen LogP contribution in [0.25, 0.3) is 21.6 Å². The zero-order chi connectivity index (χ0) is 23.1. The Hall–Kier alpha value is -3.85. The summed E-state index contributed by atoms with van der Waals surface area (Å²) in [6.45, 7) is 1.86. The maximum absolute atomic E-state index is 13.7. The fourth-order valence-electron chi connectivity index (χ4n) is 3.99. The number of imidazole rings is 1. The van der Waals surface area contributed by atoms with E-state index in [0.717, 1.165) is 16.1 Å². The summed E-state index contributed by atoms with van der Waals surface area (Å²) >= 11 is 1.56. The molecule has 4 heterocycles. The second kappa shape index (κ2) is 8.25. The van der Waals surface area contributed by atoms with Crippen molar-refractivity contribution in [3.63, 3.8) is 0 Å². The van der Waals surface area contributed by atoms with E-state index in [1.165, 1.54) is 12.1 Å². The molecule has 9 heteroatoms. The number of carbonyl (C=O) groups excluding carboxylic acids is 1. The predicted octanol–water partition coefficient (Wildman–Crippen LogP) is 4.40. The SMILES string of the molecule is Cc1nn(C)c2nc(-c3cccs3)cc(C(=O)NC(c3ccc(F)cc3)c3nccn3C)c12. The number of aryl methyl sites for hydroxylation is 3. The van der Waals surface area contributed by atoms with Gasteiger partial charge in [-0.1, -0.05) is 18.2 Å². The molecular formula is C24H21FN6OS. The Balaban J connectivity index is 1.62. The van der Waals surface area contributed by atoms with E-state index in [4.69, 9.17) is 4.98 Å². The quantitative estimate of drug-likeness (QED) is 0.422. The molecule has 1 unspecified atom stereocenters. The molecule has 0 saturated carbocycles. The van der Waals surface area contributed by atoms with Gasteiger partial charge in [0, 0.05) is 26.5 Å². The zero-order valence-corrected chi connectivity index (χ0v) is 19.1. The second-order valence-electron chi connectivity index (χ2n) is 7.79. The van der Waals surface area contributed by atoms with Crippen LogP contribution in [0, 0.1) is 12.7 Å². The average molecular weight is 461 g/mol. The van der Waals surface area contributed by atoms with Crippen LogP contribution in [0.1, 0.15) is 33.5 Å². The molecule has 0 saturated heterocycles. The molecule has 0 aliphatic heterocycles. The minimum Gasteiger partial charge on any atom is -0.338 e. The molecule has 0 bridgehead atoms. The van der Waals surface area contributed by atoms with E-state index in [0.29, 0.717) is 28.1 Å². The van der Waals surface area contributed by atoms with Crippen molar-refractivity contribution < 1.29 is 9.18 Å². The van der Waals surface area contributed by atoms with Crippen molar-refractivity contribution >= 4 is 28.3 Å². The molecule has 0 radical (unpaired) electrons. The number of rotatable bonds is 5. The molecule has 0 aliphatic carbocycles. The van der Waals surface area contributed by atoms with Gasteiger partial charge in [-0.3, -0.25) is 9.48 Å². The number of hydrogen-bond acceptors (Lipinski definition) is 5. The monoisotopic (exact) mass is 460 g/mol. The molecule has 33 heavy (non-hydrogen) atoms. The van der Waals surface area contributed by atoms with E-state index >= 15 is 0 Å². The van der Waals surface area contributed by atoms with Crippen molar-refractivity contribution in [2.45, 2.75) is 13.0 Å². The van der Waals surface area contributed by atoms with Gasteiger partial charge in [0.15, 0.2) is 5.65 Å². The Kier molecular flexibility index (Phi) is 5.26. The van der Waals surface area contributed by atoms with Crippen LogP contribution in [0.4, 0.5) is 4.39 Å². The lowest BCUT2D eigenvalue weighted by Gasteiger charge is -2.20. The summed E-state index contributed by atoms with van der Waals surface area (Å²) in [6, 6.07) is 11.2. The van der Waals surface area contributed by atoms with E-state index in [2.05, 4.69) is 15.4 Å². The molecule has 166 valence electrons. The van der Waals surface area contributed by atoms with Crippen LogP contribution >= 0.6 is 11.3 Å². The van der Waals surface area contributed by atoms with Crippen molar-refractivity contribution in [1.82, 2.24) is 29.6 Å². The first kappa shape index (κ1) is 21.0. The van der Waals surface area contributed by atoms with E-state index in [1.807, 2.05) is 49.3 Å². The normalized spacial score (nSPS) is 12.2. The molecule has 5 rings (SSSR count). The summed E-state index contributed by atoms with van der Waals surface area (Å²) in [4.78, 5) is 23.9. The summed E-state index contributed by atoms with van der Waals surface area (Å²) < 4.78 is 17.1. The van der Waals surface area contributed by atoms with Crippen molar-refractivity contribution in [2.75, 3.05) is 0 Å². The van der Waals surface area contributed by atoms with Gasteiger partial charge < -0.3 is 9.88 Å². The highest BCUT2D eigenvalue weighted by Crippen LogP contribution is 2.30. The number of carbonyl (C=O) groups is 1. The number of halogens is 1. The van der Waals surface area contributed by atoms with Gasteiger partial charge in [-0.05, 0) is 42.1 Å². The molecule has 4 aromatic heterocycles. The third-order valence-electron chi connectivity index (χ3n) is 5.58. The Labute approximate surface area is 193 Å². The first-order valence-electron chi connectivity index (χ1n) is 10.3. The van der Waals surface area contributed by atoms with Crippen molar-refractivity contribution in [1.29, 1.82) is 0 Å². The molecule has 1 aromatic carbocycles. The van der Waals surface area contributed by atoms with Gasteiger partial charge in [-0.25, -0.2) is 14.4 Å². The molecule has 1 amide bonds. The Morgan fingerprint density at radius 3 is 2.64 bits per heavy atom. The van der Waals surface area contributed by atoms with E-state index < -0.39 is 6.04 Å². The number of aromatic nitrogens is 5. The fraction of sp³-hybridized carbons (Fsp3) is 0.167. The van der Waals surface area contributed by atoms with Crippen molar-refractivity contribution in [2.24, 2.45) is 14.1 Å². The zero-order valence-electron chi connectivity index (χ0n) is 18.3. The first-order valence-corrected chi connectivity index (χ1v) is 11.2. The second-order valence-corrected chi connectivity index (χ2v) is 8.74. The number of thiophene rings is 1. The molecule has 1 N–H and O–H groups in total. The third kappa shape index (κ3) is 3.80. The smallest absolute Gasteiger partial charge is 0.253 e. The van der Waals surface area contributed by atoms with Crippen molar-refractivity contribution in [3.05, 3.63) is 88.7 Å². The first-order chi connectivity index (χ1) is 15.9.